The first-order valence-corrected chi connectivity index (χ1v) is 11.8. The molecule has 2 aromatic heterocycles. The molecule has 0 aliphatic rings. The third kappa shape index (κ3) is 5.31. The van der Waals surface area contributed by atoms with Crippen LogP contribution in [0.1, 0.15) is 26.5 Å². The van der Waals surface area contributed by atoms with Gasteiger partial charge in [-0.25, -0.2) is 0 Å². The van der Waals surface area contributed by atoms with Crippen LogP contribution in [0.25, 0.3) is 11.0 Å². The summed E-state index contributed by atoms with van der Waals surface area (Å²) in [6, 6.07) is 18.3. The van der Waals surface area contributed by atoms with E-state index in [1.165, 1.54) is 4.21 Å². The first kappa shape index (κ1) is 21.5. The van der Waals surface area contributed by atoms with Crippen LogP contribution in [0, 0.1) is 0 Å². The molecule has 4 aromatic rings. The molecule has 0 radical (unpaired) electrons. The van der Waals surface area contributed by atoms with E-state index in [4.69, 9.17) is 16.0 Å². The molecule has 0 spiro atoms. The number of thioether (sulfide) groups is 1. The number of nitrogens with one attached hydrogen (secondary N) is 2. The average Bonchev–Trinajstić information content (AvgIpc) is 3.43. The van der Waals surface area contributed by atoms with Gasteiger partial charge in [0.05, 0.1) is 4.21 Å². The van der Waals surface area contributed by atoms with Crippen molar-refractivity contribution in [2.75, 3.05) is 13.1 Å². The number of carbonyl (C=O) groups is 2. The molecule has 0 aliphatic carbocycles. The van der Waals surface area contributed by atoms with Crippen LogP contribution >= 0.6 is 34.7 Å². The van der Waals surface area contributed by atoms with Crippen molar-refractivity contribution in [2.24, 2.45) is 0 Å². The summed E-state index contributed by atoms with van der Waals surface area (Å²) in [6.45, 7) is 0.583. The molecule has 0 aliphatic heterocycles. The summed E-state index contributed by atoms with van der Waals surface area (Å²) >= 11 is 9.18. The fraction of sp³-hybridized carbons (Fsp3) is 0.130. The Kier molecular flexibility index (Phi) is 6.96. The van der Waals surface area contributed by atoms with Crippen LogP contribution < -0.4 is 10.6 Å². The van der Waals surface area contributed by atoms with E-state index in [0.29, 0.717) is 34.2 Å². The van der Waals surface area contributed by atoms with Gasteiger partial charge in [-0.2, -0.15) is 0 Å². The van der Waals surface area contributed by atoms with Gasteiger partial charge < -0.3 is 15.1 Å². The fourth-order valence-corrected chi connectivity index (χ4v) is 4.99. The Morgan fingerprint density at radius 2 is 1.68 bits per heavy atom. The van der Waals surface area contributed by atoms with E-state index in [9.17, 15) is 9.59 Å². The molecule has 0 fully saturated rings. The Hall–Kier alpha value is -2.74. The molecule has 0 saturated carbocycles. The third-order valence-electron chi connectivity index (χ3n) is 4.56. The highest BCUT2D eigenvalue weighted by atomic mass is 35.5. The van der Waals surface area contributed by atoms with E-state index in [1.807, 2.05) is 35.7 Å². The lowest BCUT2D eigenvalue weighted by Crippen LogP contribution is -2.34. The van der Waals surface area contributed by atoms with Crippen LogP contribution in [0.2, 0.25) is 5.02 Å². The van der Waals surface area contributed by atoms with Crippen molar-refractivity contribution >= 4 is 57.5 Å². The summed E-state index contributed by atoms with van der Waals surface area (Å²) in [5, 5.41) is 9.15. The van der Waals surface area contributed by atoms with Gasteiger partial charge in [0.2, 0.25) is 0 Å². The highest BCUT2D eigenvalue weighted by molar-refractivity contribution is 8.00. The number of amides is 2. The predicted octanol–water partition coefficient (Wildman–Crippen LogP) is 5.60. The van der Waals surface area contributed by atoms with Crippen molar-refractivity contribution in [3.63, 3.8) is 0 Å². The zero-order valence-corrected chi connectivity index (χ0v) is 18.8. The van der Waals surface area contributed by atoms with Crippen LogP contribution in [0.3, 0.4) is 0 Å². The van der Waals surface area contributed by atoms with Crippen molar-refractivity contribution in [3.8, 4) is 0 Å². The lowest BCUT2D eigenvalue weighted by atomic mass is 10.1. The van der Waals surface area contributed by atoms with E-state index in [-0.39, 0.29) is 18.4 Å². The van der Waals surface area contributed by atoms with E-state index >= 15 is 0 Å². The number of para-hydroxylation sites is 1. The van der Waals surface area contributed by atoms with E-state index in [2.05, 4.69) is 16.7 Å². The maximum Gasteiger partial charge on any atom is 0.287 e. The van der Waals surface area contributed by atoms with E-state index in [0.717, 1.165) is 10.9 Å². The van der Waals surface area contributed by atoms with Crippen LogP contribution in [-0.4, -0.2) is 24.9 Å². The first-order valence-electron chi connectivity index (χ1n) is 9.60. The fourth-order valence-electron chi connectivity index (χ4n) is 3.05. The lowest BCUT2D eigenvalue weighted by Gasteiger charge is -2.07. The largest absolute Gasteiger partial charge is 0.451 e. The molecule has 0 unspecified atom stereocenters. The van der Waals surface area contributed by atoms with Gasteiger partial charge in [-0.1, -0.05) is 35.9 Å². The maximum absolute atomic E-state index is 12.8. The Balaban J connectivity index is 1.38. The van der Waals surface area contributed by atoms with Gasteiger partial charge in [0, 0.05) is 40.4 Å². The molecule has 0 atom stereocenters. The number of hydrogen-bond acceptors (Lipinski definition) is 5. The Bertz CT molecular complexity index is 1190. The molecule has 158 valence electrons. The summed E-state index contributed by atoms with van der Waals surface area (Å²) in [6.07, 6.45) is 0. The minimum atomic E-state index is -0.293. The zero-order chi connectivity index (χ0) is 21.6. The topological polar surface area (TPSA) is 71.3 Å². The van der Waals surface area contributed by atoms with E-state index in [1.54, 1.807) is 47.4 Å². The molecular weight excluding hydrogens is 452 g/mol. The molecule has 0 bridgehead atoms. The first-order chi connectivity index (χ1) is 15.1. The molecule has 5 nitrogen and oxygen atoms in total. The SMILES string of the molecule is O=C(NCCNC(=O)c1oc2ccccc2c1CSc1cccs1)c1ccc(Cl)cc1. The minimum absolute atomic E-state index is 0.220. The van der Waals surface area contributed by atoms with Crippen molar-refractivity contribution < 1.29 is 14.0 Å². The second kappa shape index (κ2) is 10.0. The molecule has 2 aromatic carbocycles. The monoisotopic (exact) mass is 470 g/mol. The summed E-state index contributed by atoms with van der Waals surface area (Å²) in [5.74, 6) is 0.434. The summed E-state index contributed by atoms with van der Waals surface area (Å²) in [5.41, 5.74) is 2.07. The number of hydrogen-bond donors (Lipinski definition) is 2. The molecule has 8 heteroatoms. The quantitative estimate of drug-likeness (QED) is 0.260. The van der Waals surface area contributed by atoms with Gasteiger partial charge in [-0.05, 0) is 41.8 Å². The number of thiophene rings is 1. The van der Waals surface area contributed by atoms with Crippen molar-refractivity contribution in [3.05, 3.63) is 88.0 Å². The Morgan fingerprint density at radius 1 is 0.935 bits per heavy atom. The highest BCUT2D eigenvalue weighted by Crippen LogP contribution is 2.33. The molecular formula is C23H19ClN2O3S2. The average molecular weight is 471 g/mol. The van der Waals surface area contributed by atoms with Gasteiger partial charge in [-0.15, -0.1) is 23.1 Å². The zero-order valence-electron chi connectivity index (χ0n) is 16.4. The number of carbonyl (C=O) groups excluding carboxylic acids is 2. The number of halogens is 1. The number of furan rings is 1. The second-order valence-corrected chi connectivity index (χ2v) is 9.31. The second-order valence-electron chi connectivity index (χ2n) is 6.65. The van der Waals surface area contributed by atoms with E-state index < -0.39 is 0 Å². The van der Waals surface area contributed by atoms with Gasteiger partial charge in [0.25, 0.3) is 11.8 Å². The normalized spacial score (nSPS) is 10.9. The predicted molar refractivity (Wildman–Crippen MR) is 126 cm³/mol. The molecule has 0 saturated heterocycles. The number of fused-ring (bicyclic) bond motifs is 1. The smallest absolute Gasteiger partial charge is 0.287 e. The summed E-state index contributed by atoms with van der Waals surface area (Å²) < 4.78 is 7.05. The van der Waals surface area contributed by atoms with Crippen LogP contribution in [0.5, 0.6) is 0 Å². The molecule has 2 heterocycles. The lowest BCUT2D eigenvalue weighted by molar-refractivity contribution is 0.0911. The molecule has 31 heavy (non-hydrogen) atoms. The van der Waals surface area contributed by atoms with Crippen LogP contribution in [0.15, 0.2) is 74.7 Å². The van der Waals surface area contributed by atoms with Gasteiger partial charge in [0.15, 0.2) is 5.76 Å². The molecule has 2 amide bonds. The van der Waals surface area contributed by atoms with Crippen LogP contribution in [0.4, 0.5) is 0 Å². The Morgan fingerprint density at radius 3 is 2.42 bits per heavy atom. The standard InChI is InChI=1S/C23H19ClN2O3S2/c24-16-9-7-15(8-10-16)22(27)25-11-12-26-23(28)21-18(14-31-20-6-3-13-30-20)17-4-1-2-5-19(17)29-21/h1-10,13H,11-12,14H2,(H,25,27)(H,26,28). The third-order valence-corrected chi connectivity index (χ3v) is 6.97. The van der Waals surface area contributed by atoms with Crippen molar-refractivity contribution in [1.82, 2.24) is 10.6 Å². The minimum Gasteiger partial charge on any atom is -0.451 e. The van der Waals surface area contributed by atoms with Crippen molar-refractivity contribution in [2.45, 2.75) is 9.96 Å². The highest BCUT2D eigenvalue weighted by Gasteiger charge is 2.20. The Labute approximate surface area is 192 Å². The van der Waals surface area contributed by atoms with Gasteiger partial charge >= 0.3 is 0 Å². The van der Waals surface area contributed by atoms with Gasteiger partial charge in [0.1, 0.15) is 5.58 Å². The summed E-state index contributed by atoms with van der Waals surface area (Å²) in [4.78, 5) is 25.0. The van der Waals surface area contributed by atoms with Gasteiger partial charge in [-0.3, -0.25) is 9.59 Å². The van der Waals surface area contributed by atoms with Crippen LogP contribution in [-0.2, 0) is 5.75 Å². The van der Waals surface area contributed by atoms with Crippen molar-refractivity contribution in [1.29, 1.82) is 0 Å². The summed E-state index contributed by atoms with van der Waals surface area (Å²) in [7, 11) is 0. The maximum atomic E-state index is 12.8. The number of benzene rings is 2. The number of rotatable bonds is 8. The molecule has 4 rings (SSSR count). The molecule has 2 N–H and O–H groups in total.